The summed E-state index contributed by atoms with van der Waals surface area (Å²) in [4.78, 5) is 28.7. The van der Waals surface area contributed by atoms with Crippen LogP contribution >= 0.6 is 0 Å². The van der Waals surface area contributed by atoms with E-state index < -0.39 is 58.9 Å². The van der Waals surface area contributed by atoms with Gasteiger partial charge in [0.1, 0.15) is 11.4 Å². The van der Waals surface area contributed by atoms with Crippen molar-refractivity contribution < 1.29 is 45.1 Å². The van der Waals surface area contributed by atoms with Gasteiger partial charge >= 0.3 is 18.4 Å². The number of hydrogen-bond donors (Lipinski definition) is 0. The molecule has 0 N–H and O–H groups in total. The Hall–Kier alpha value is -3.31. The molecule has 0 aromatic heterocycles. The maximum absolute atomic E-state index is 13.7. The number of carbonyl (C=O) groups excluding carboxylic acids is 2. The van der Waals surface area contributed by atoms with Crippen LogP contribution < -0.4 is 0 Å². The molecule has 1 saturated heterocycles. The summed E-state index contributed by atoms with van der Waals surface area (Å²) in [5.74, 6) is -1.51. The van der Waals surface area contributed by atoms with Gasteiger partial charge in [-0.25, -0.2) is 9.18 Å². The van der Waals surface area contributed by atoms with E-state index in [2.05, 4.69) is 0 Å². The van der Waals surface area contributed by atoms with E-state index in [9.17, 15) is 40.3 Å². The average Bonchev–Trinajstić information content (AvgIpc) is 2.89. The van der Waals surface area contributed by atoms with Crippen LogP contribution in [-0.2, 0) is 21.9 Å². The topological polar surface area (TPSA) is 49.9 Å². The van der Waals surface area contributed by atoms with Crippen molar-refractivity contribution in [3.63, 3.8) is 0 Å². The van der Waals surface area contributed by atoms with Crippen LogP contribution in [0.5, 0.6) is 0 Å². The van der Waals surface area contributed by atoms with Crippen LogP contribution in [0.2, 0.25) is 0 Å². The van der Waals surface area contributed by atoms with Crippen LogP contribution in [0.15, 0.2) is 42.5 Å². The largest absolute Gasteiger partial charge is 0.444 e. The highest BCUT2D eigenvalue weighted by molar-refractivity contribution is 5.77. The molecule has 12 heteroatoms. The fourth-order valence-electron chi connectivity index (χ4n) is 5.07. The predicted molar refractivity (Wildman–Crippen MR) is 142 cm³/mol. The number of alkyl halides is 6. The number of halogens is 7. The number of ether oxygens (including phenoxy) is 1. The van der Waals surface area contributed by atoms with E-state index in [1.807, 2.05) is 0 Å². The van der Waals surface area contributed by atoms with Gasteiger partial charge in [-0.1, -0.05) is 12.1 Å². The number of rotatable bonds is 6. The van der Waals surface area contributed by atoms with Gasteiger partial charge in [0.2, 0.25) is 5.91 Å². The van der Waals surface area contributed by atoms with E-state index >= 15 is 0 Å². The number of nitrogens with zero attached hydrogens (tertiary/aromatic N) is 2. The Bertz CT molecular complexity index is 1210. The van der Waals surface area contributed by atoms with E-state index in [1.54, 1.807) is 37.8 Å². The third kappa shape index (κ3) is 8.61. The Labute approximate surface area is 240 Å². The highest BCUT2D eigenvalue weighted by atomic mass is 19.4. The zero-order valence-electron chi connectivity index (χ0n) is 24.1. The molecule has 2 aromatic rings. The Balaban J connectivity index is 1.83. The van der Waals surface area contributed by atoms with E-state index in [0.717, 1.165) is 4.90 Å². The normalized spacial score (nSPS) is 16.6. The third-order valence-corrected chi connectivity index (χ3v) is 7.52. The Morgan fingerprint density at radius 1 is 0.905 bits per heavy atom. The number of likely N-dealkylation sites (tertiary alicyclic amines) is 1. The van der Waals surface area contributed by atoms with Gasteiger partial charge in [-0.15, -0.1) is 0 Å². The van der Waals surface area contributed by atoms with Crippen molar-refractivity contribution in [3.05, 3.63) is 70.5 Å². The second kappa shape index (κ2) is 12.5. The number of benzene rings is 2. The smallest absolute Gasteiger partial charge is 0.416 e. The molecule has 2 atom stereocenters. The molecule has 1 aliphatic heterocycles. The molecule has 42 heavy (non-hydrogen) atoms. The maximum atomic E-state index is 13.7. The number of hydrogen-bond acceptors (Lipinski definition) is 3. The molecule has 1 fully saturated rings. The van der Waals surface area contributed by atoms with Gasteiger partial charge in [0.15, 0.2) is 0 Å². The van der Waals surface area contributed by atoms with E-state index in [4.69, 9.17) is 4.74 Å². The molecule has 0 radical (unpaired) electrons. The Morgan fingerprint density at radius 3 is 1.86 bits per heavy atom. The van der Waals surface area contributed by atoms with E-state index in [-0.39, 0.29) is 24.0 Å². The molecule has 232 valence electrons. The molecule has 5 nitrogen and oxygen atoms in total. The Kier molecular flexibility index (Phi) is 9.89. The first kappa shape index (κ1) is 33.2. The van der Waals surface area contributed by atoms with Crippen LogP contribution in [0.1, 0.15) is 81.2 Å². The molecule has 3 rings (SSSR count). The maximum Gasteiger partial charge on any atom is 0.416 e. The van der Waals surface area contributed by atoms with Crippen molar-refractivity contribution in [1.82, 2.24) is 9.80 Å². The first-order valence-electron chi connectivity index (χ1n) is 13.5. The van der Waals surface area contributed by atoms with Crippen molar-refractivity contribution in [1.29, 1.82) is 0 Å². The molecule has 0 spiro atoms. The Morgan fingerprint density at radius 2 is 1.40 bits per heavy atom. The summed E-state index contributed by atoms with van der Waals surface area (Å²) in [6.45, 7) is 7.36. The zero-order valence-corrected chi connectivity index (χ0v) is 24.1. The van der Waals surface area contributed by atoms with Crippen LogP contribution in [0.4, 0.5) is 35.5 Å². The van der Waals surface area contributed by atoms with Crippen molar-refractivity contribution in [2.75, 3.05) is 20.1 Å². The SMILES string of the molecule is C[C@H](c1cc(C(F)(F)F)cc(C(F)(F)F)c1)N(C)C(=O)CC(c1ccc(F)cc1)C1CCN(C(=O)OC(C)(C)C)CC1. The van der Waals surface area contributed by atoms with Crippen molar-refractivity contribution >= 4 is 12.0 Å². The molecule has 0 saturated carbocycles. The van der Waals surface area contributed by atoms with E-state index in [0.29, 0.717) is 43.6 Å². The number of amides is 2. The van der Waals surface area contributed by atoms with Gasteiger partial charge in [0.25, 0.3) is 0 Å². The van der Waals surface area contributed by atoms with Crippen LogP contribution in [-0.4, -0.2) is 47.5 Å². The lowest BCUT2D eigenvalue weighted by atomic mass is 9.78. The van der Waals surface area contributed by atoms with Crippen molar-refractivity contribution in [2.45, 2.75) is 76.9 Å². The van der Waals surface area contributed by atoms with Crippen molar-refractivity contribution in [2.24, 2.45) is 5.92 Å². The van der Waals surface area contributed by atoms with Gasteiger partial charge in [0.05, 0.1) is 17.2 Å². The molecule has 0 aliphatic carbocycles. The lowest BCUT2D eigenvalue weighted by Crippen LogP contribution is -2.43. The predicted octanol–water partition coefficient (Wildman–Crippen LogP) is 8.20. The highest BCUT2D eigenvalue weighted by Gasteiger charge is 2.38. The molecule has 2 amide bonds. The third-order valence-electron chi connectivity index (χ3n) is 7.52. The second-order valence-corrected chi connectivity index (χ2v) is 11.7. The first-order chi connectivity index (χ1) is 19.3. The van der Waals surface area contributed by atoms with Gasteiger partial charge < -0.3 is 14.5 Å². The lowest BCUT2D eigenvalue weighted by Gasteiger charge is -2.37. The van der Waals surface area contributed by atoms with Gasteiger partial charge in [0, 0.05) is 26.6 Å². The summed E-state index contributed by atoms with van der Waals surface area (Å²) in [6, 6.07) is 5.81. The lowest BCUT2D eigenvalue weighted by molar-refractivity contribution is -0.143. The fourth-order valence-corrected chi connectivity index (χ4v) is 5.07. The van der Waals surface area contributed by atoms with Crippen LogP contribution in [0, 0.1) is 11.7 Å². The monoisotopic (exact) mass is 604 g/mol. The summed E-state index contributed by atoms with van der Waals surface area (Å²) < 4.78 is 99.6. The summed E-state index contributed by atoms with van der Waals surface area (Å²) >= 11 is 0. The minimum absolute atomic E-state index is 0.0479. The minimum atomic E-state index is -5.01. The molecule has 1 heterocycles. The molecule has 1 unspecified atom stereocenters. The molecular weight excluding hydrogens is 569 g/mol. The summed E-state index contributed by atoms with van der Waals surface area (Å²) in [5.41, 5.74) is -3.22. The molecule has 2 aromatic carbocycles. The molecular formula is C30H35F7N2O3. The molecule has 1 aliphatic rings. The minimum Gasteiger partial charge on any atom is -0.444 e. The number of carbonyl (C=O) groups is 2. The van der Waals surface area contributed by atoms with Crippen molar-refractivity contribution in [3.8, 4) is 0 Å². The summed E-state index contributed by atoms with van der Waals surface area (Å²) in [6.07, 6.45) is -9.58. The quantitative estimate of drug-likeness (QED) is 0.313. The standard InChI is InChI=1S/C30H35F7N2O3/c1-18(21-14-22(29(32,33)34)16-23(15-21)30(35,36)37)38(5)26(40)17-25(19-6-8-24(31)9-7-19)20-10-12-39(13-11-20)27(41)42-28(2,3)4/h6-9,14-16,18,20,25H,10-13,17H2,1-5H3/t18-,25?/m1/s1. The number of piperidine rings is 1. The van der Waals surface area contributed by atoms with Crippen LogP contribution in [0.3, 0.4) is 0 Å². The van der Waals surface area contributed by atoms with E-state index in [1.165, 1.54) is 26.1 Å². The fraction of sp³-hybridized carbons (Fsp3) is 0.533. The van der Waals surface area contributed by atoms with Gasteiger partial charge in [-0.2, -0.15) is 26.3 Å². The second-order valence-electron chi connectivity index (χ2n) is 11.7. The highest BCUT2D eigenvalue weighted by Crippen LogP contribution is 2.40. The van der Waals surface area contributed by atoms with Gasteiger partial charge in [-0.3, -0.25) is 4.79 Å². The average molecular weight is 605 g/mol. The molecule has 0 bridgehead atoms. The zero-order chi connectivity index (χ0) is 31.6. The first-order valence-corrected chi connectivity index (χ1v) is 13.5. The summed E-state index contributed by atoms with van der Waals surface area (Å²) in [5, 5.41) is 0. The van der Waals surface area contributed by atoms with Gasteiger partial charge in [-0.05, 0) is 93.8 Å². The summed E-state index contributed by atoms with van der Waals surface area (Å²) in [7, 11) is 1.33. The van der Waals surface area contributed by atoms with Crippen LogP contribution in [0.25, 0.3) is 0 Å².